The van der Waals surface area contributed by atoms with E-state index in [1.54, 1.807) is 27.7 Å². The van der Waals surface area contributed by atoms with Crippen molar-refractivity contribution in [2.45, 2.75) is 51.9 Å². The van der Waals surface area contributed by atoms with E-state index in [0.29, 0.717) is 0 Å². The zero-order chi connectivity index (χ0) is 10.6. The van der Waals surface area contributed by atoms with Crippen molar-refractivity contribution in [3.05, 3.63) is 0 Å². The van der Waals surface area contributed by atoms with Crippen molar-refractivity contribution in [3.8, 4) is 0 Å². The third kappa shape index (κ3) is 6.54. The van der Waals surface area contributed by atoms with Gasteiger partial charge in [0.2, 0.25) is 0 Å². The number of hydrogen-bond donors (Lipinski definition) is 2. The molecule has 78 valence electrons. The van der Waals surface area contributed by atoms with Crippen LogP contribution in [0.1, 0.15) is 34.1 Å². The number of nitrogens with two attached hydrogens (primary N) is 1. The molecule has 0 amide bonds. The first-order chi connectivity index (χ1) is 5.72. The summed E-state index contributed by atoms with van der Waals surface area (Å²) in [6.07, 6.45) is -0.871. The molecular formula is C9H19NO3. The second-order valence-electron chi connectivity index (χ2n) is 4.22. The summed E-state index contributed by atoms with van der Waals surface area (Å²) < 4.78 is 5.00. The topological polar surface area (TPSA) is 72.5 Å². The Hall–Kier alpha value is -0.610. The van der Waals surface area contributed by atoms with Crippen molar-refractivity contribution in [2.24, 2.45) is 5.73 Å². The fourth-order valence-corrected chi connectivity index (χ4v) is 0.740. The van der Waals surface area contributed by atoms with Crippen molar-refractivity contribution in [1.29, 1.82) is 0 Å². The summed E-state index contributed by atoms with van der Waals surface area (Å²) in [5.74, 6) is -0.419. The van der Waals surface area contributed by atoms with E-state index in [-0.39, 0.29) is 6.42 Å². The molecule has 0 radical (unpaired) electrons. The Bertz CT molecular complexity index is 172. The quantitative estimate of drug-likeness (QED) is 0.631. The van der Waals surface area contributed by atoms with Crippen LogP contribution in [0.4, 0.5) is 0 Å². The lowest BCUT2D eigenvalue weighted by Crippen LogP contribution is -2.35. The van der Waals surface area contributed by atoms with Gasteiger partial charge in [-0.25, -0.2) is 0 Å². The summed E-state index contributed by atoms with van der Waals surface area (Å²) in [7, 11) is 0. The third-order valence-corrected chi connectivity index (χ3v) is 1.40. The van der Waals surface area contributed by atoms with Gasteiger partial charge in [0, 0.05) is 6.04 Å². The normalized spacial score (nSPS) is 16.5. The van der Waals surface area contributed by atoms with Gasteiger partial charge in [0.25, 0.3) is 0 Å². The maximum Gasteiger partial charge on any atom is 0.308 e. The summed E-state index contributed by atoms with van der Waals surface area (Å²) in [4.78, 5) is 11.1. The molecule has 0 aromatic heterocycles. The molecule has 13 heavy (non-hydrogen) atoms. The van der Waals surface area contributed by atoms with Gasteiger partial charge in [0.15, 0.2) is 0 Å². The van der Waals surface area contributed by atoms with Crippen molar-refractivity contribution >= 4 is 5.97 Å². The number of rotatable bonds is 3. The molecule has 0 aliphatic heterocycles. The van der Waals surface area contributed by atoms with Crippen LogP contribution < -0.4 is 5.73 Å². The van der Waals surface area contributed by atoms with Gasteiger partial charge in [-0.05, 0) is 27.7 Å². The SMILES string of the molecule is C[C@@H](N)C(O)CC(=O)OC(C)(C)C. The lowest BCUT2D eigenvalue weighted by Gasteiger charge is -2.21. The summed E-state index contributed by atoms with van der Waals surface area (Å²) in [5.41, 5.74) is 4.88. The lowest BCUT2D eigenvalue weighted by atomic mass is 10.1. The van der Waals surface area contributed by atoms with E-state index in [1.807, 2.05) is 0 Å². The first-order valence-corrected chi connectivity index (χ1v) is 4.38. The molecule has 4 nitrogen and oxygen atoms in total. The molecule has 0 aliphatic rings. The summed E-state index contributed by atoms with van der Waals surface area (Å²) in [5, 5.41) is 9.27. The van der Waals surface area contributed by atoms with Crippen molar-refractivity contribution in [3.63, 3.8) is 0 Å². The van der Waals surface area contributed by atoms with Gasteiger partial charge in [-0.15, -0.1) is 0 Å². The van der Waals surface area contributed by atoms with E-state index < -0.39 is 23.7 Å². The average Bonchev–Trinajstić information content (AvgIpc) is 1.81. The second kappa shape index (κ2) is 4.58. The highest BCUT2D eigenvalue weighted by molar-refractivity contribution is 5.70. The molecule has 0 spiro atoms. The van der Waals surface area contributed by atoms with E-state index in [2.05, 4.69) is 0 Å². The standard InChI is InChI=1S/C9H19NO3/c1-6(10)7(11)5-8(12)13-9(2,3)4/h6-7,11H,5,10H2,1-4H3/t6-,7?/m1/s1. The van der Waals surface area contributed by atoms with Crippen molar-refractivity contribution < 1.29 is 14.6 Å². The number of ether oxygens (including phenoxy) is 1. The fourth-order valence-electron chi connectivity index (χ4n) is 0.740. The number of hydrogen-bond acceptors (Lipinski definition) is 4. The Morgan fingerprint density at radius 1 is 1.54 bits per heavy atom. The predicted octanol–water partition coefficient (Wildman–Crippen LogP) is 0.426. The van der Waals surface area contributed by atoms with Crippen molar-refractivity contribution in [2.75, 3.05) is 0 Å². The van der Waals surface area contributed by atoms with Crippen LogP contribution in [0.3, 0.4) is 0 Å². The Balaban J connectivity index is 3.89. The molecule has 1 unspecified atom stereocenters. The van der Waals surface area contributed by atoms with Crippen LogP contribution >= 0.6 is 0 Å². The second-order valence-corrected chi connectivity index (χ2v) is 4.22. The number of aliphatic hydroxyl groups excluding tert-OH is 1. The Kier molecular flexibility index (Phi) is 4.36. The molecule has 4 heteroatoms. The molecule has 0 heterocycles. The van der Waals surface area contributed by atoms with Crippen LogP contribution in [-0.4, -0.2) is 28.8 Å². The maximum atomic E-state index is 11.1. The highest BCUT2D eigenvalue weighted by atomic mass is 16.6. The van der Waals surface area contributed by atoms with Crippen LogP contribution in [0.15, 0.2) is 0 Å². The van der Waals surface area contributed by atoms with Crippen LogP contribution in [0, 0.1) is 0 Å². The molecule has 0 fully saturated rings. The van der Waals surface area contributed by atoms with Crippen LogP contribution in [0.2, 0.25) is 0 Å². The van der Waals surface area contributed by atoms with Gasteiger partial charge in [-0.2, -0.15) is 0 Å². The fraction of sp³-hybridized carbons (Fsp3) is 0.889. The smallest absolute Gasteiger partial charge is 0.308 e. The first kappa shape index (κ1) is 12.4. The van der Waals surface area contributed by atoms with E-state index in [1.165, 1.54) is 0 Å². The summed E-state index contributed by atoms with van der Waals surface area (Å²) in [6.45, 7) is 6.99. The van der Waals surface area contributed by atoms with E-state index >= 15 is 0 Å². The highest BCUT2D eigenvalue weighted by Gasteiger charge is 2.20. The van der Waals surface area contributed by atoms with E-state index in [4.69, 9.17) is 10.5 Å². The minimum absolute atomic E-state index is 0.0467. The molecule has 0 aromatic rings. The summed E-state index contributed by atoms with van der Waals surface area (Å²) in [6, 6.07) is -0.410. The monoisotopic (exact) mass is 189 g/mol. The third-order valence-electron chi connectivity index (χ3n) is 1.40. The van der Waals surface area contributed by atoms with Gasteiger partial charge in [-0.3, -0.25) is 4.79 Å². The van der Waals surface area contributed by atoms with Gasteiger partial charge < -0.3 is 15.6 Å². The minimum atomic E-state index is -0.824. The number of carbonyl (C=O) groups excluding carboxylic acids is 1. The maximum absolute atomic E-state index is 11.1. The molecular weight excluding hydrogens is 170 g/mol. The minimum Gasteiger partial charge on any atom is -0.460 e. The molecule has 2 atom stereocenters. The van der Waals surface area contributed by atoms with E-state index in [0.717, 1.165) is 0 Å². The molecule has 0 saturated heterocycles. The largest absolute Gasteiger partial charge is 0.460 e. The number of aliphatic hydroxyl groups is 1. The van der Waals surface area contributed by atoms with Crippen molar-refractivity contribution in [1.82, 2.24) is 0 Å². The Labute approximate surface area is 79.1 Å². The first-order valence-electron chi connectivity index (χ1n) is 4.38. The number of esters is 1. The molecule has 0 bridgehead atoms. The van der Waals surface area contributed by atoms with Gasteiger partial charge in [-0.1, -0.05) is 0 Å². The predicted molar refractivity (Wildman–Crippen MR) is 50.1 cm³/mol. The van der Waals surface area contributed by atoms with Gasteiger partial charge in [0.05, 0.1) is 12.5 Å². The number of carbonyl (C=O) groups is 1. The zero-order valence-corrected chi connectivity index (χ0v) is 8.70. The molecule has 0 aromatic carbocycles. The van der Waals surface area contributed by atoms with Gasteiger partial charge in [0.1, 0.15) is 5.60 Å². The molecule has 0 saturated carbocycles. The highest BCUT2D eigenvalue weighted by Crippen LogP contribution is 2.09. The van der Waals surface area contributed by atoms with Gasteiger partial charge >= 0.3 is 5.97 Å². The van der Waals surface area contributed by atoms with Crippen LogP contribution in [-0.2, 0) is 9.53 Å². The molecule has 3 N–H and O–H groups in total. The zero-order valence-electron chi connectivity index (χ0n) is 8.70. The lowest BCUT2D eigenvalue weighted by molar-refractivity contribution is -0.157. The summed E-state index contributed by atoms with van der Waals surface area (Å²) >= 11 is 0. The Morgan fingerprint density at radius 2 is 2.00 bits per heavy atom. The average molecular weight is 189 g/mol. The van der Waals surface area contributed by atoms with Crippen LogP contribution in [0.5, 0.6) is 0 Å². The van der Waals surface area contributed by atoms with E-state index in [9.17, 15) is 9.90 Å². The molecule has 0 aliphatic carbocycles. The molecule has 0 rings (SSSR count). The van der Waals surface area contributed by atoms with Crippen LogP contribution in [0.25, 0.3) is 0 Å². The Morgan fingerprint density at radius 3 is 2.31 bits per heavy atom.